The van der Waals surface area contributed by atoms with Crippen molar-refractivity contribution in [3.05, 3.63) is 35.6 Å². The fourth-order valence-corrected chi connectivity index (χ4v) is 2.35. The largest absolute Gasteiger partial charge is 0.356 e. The minimum absolute atomic E-state index is 0.0406. The Labute approximate surface area is 131 Å². The van der Waals surface area contributed by atoms with E-state index in [1.807, 2.05) is 13.8 Å². The molecule has 0 aliphatic rings. The third kappa shape index (κ3) is 6.24. The minimum Gasteiger partial charge on any atom is -0.356 e. The van der Waals surface area contributed by atoms with Crippen molar-refractivity contribution in [2.45, 2.75) is 39.5 Å². The highest BCUT2D eigenvalue weighted by Gasteiger charge is 2.23. The number of unbranched alkanes of at least 4 members (excludes halogenated alkanes) is 1. The molecule has 0 heterocycles. The van der Waals surface area contributed by atoms with Gasteiger partial charge < -0.3 is 10.6 Å². The lowest BCUT2D eigenvalue weighted by molar-refractivity contribution is -0.123. The molecule has 0 aromatic heterocycles. The van der Waals surface area contributed by atoms with Crippen LogP contribution < -0.4 is 10.6 Å². The highest BCUT2D eigenvalue weighted by atomic mass is 19.1. The van der Waals surface area contributed by atoms with Crippen LogP contribution >= 0.6 is 0 Å². The molecule has 1 atom stereocenters. The van der Waals surface area contributed by atoms with E-state index in [9.17, 15) is 14.0 Å². The van der Waals surface area contributed by atoms with E-state index in [0.717, 1.165) is 18.4 Å². The van der Waals surface area contributed by atoms with Crippen molar-refractivity contribution < 1.29 is 14.0 Å². The van der Waals surface area contributed by atoms with Crippen molar-refractivity contribution in [3.63, 3.8) is 0 Å². The molecule has 0 spiro atoms. The van der Waals surface area contributed by atoms with Crippen LogP contribution in [0.15, 0.2) is 24.3 Å². The standard InChI is InChI=1S/C17H25FN2O2/c1-12(2)16(14-6-8-15(18)9-7-14)17(22)20-11-5-4-10-19-13(3)21/h6-9,12,16H,4-5,10-11H2,1-3H3,(H,19,21)(H,20,22). The molecule has 122 valence electrons. The topological polar surface area (TPSA) is 58.2 Å². The summed E-state index contributed by atoms with van der Waals surface area (Å²) in [5.41, 5.74) is 0.826. The zero-order chi connectivity index (χ0) is 16.5. The van der Waals surface area contributed by atoms with E-state index in [4.69, 9.17) is 0 Å². The monoisotopic (exact) mass is 308 g/mol. The van der Waals surface area contributed by atoms with Gasteiger partial charge in [-0.25, -0.2) is 4.39 Å². The molecule has 0 saturated heterocycles. The minimum atomic E-state index is -0.301. The Balaban J connectivity index is 2.46. The summed E-state index contributed by atoms with van der Waals surface area (Å²) in [5, 5.41) is 5.64. The van der Waals surface area contributed by atoms with Gasteiger partial charge in [-0.3, -0.25) is 9.59 Å². The summed E-state index contributed by atoms with van der Waals surface area (Å²) in [6.07, 6.45) is 1.63. The maximum Gasteiger partial charge on any atom is 0.227 e. The molecule has 0 radical (unpaired) electrons. The van der Waals surface area contributed by atoms with Crippen LogP contribution in [0.3, 0.4) is 0 Å². The van der Waals surface area contributed by atoms with E-state index in [2.05, 4.69) is 10.6 Å². The fourth-order valence-electron chi connectivity index (χ4n) is 2.35. The Morgan fingerprint density at radius 1 is 1.05 bits per heavy atom. The molecule has 22 heavy (non-hydrogen) atoms. The van der Waals surface area contributed by atoms with Gasteiger partial charge in [0.15, 0.2) is 0 Å². The first kappa shape index (κ1) is 18.1. The van der Waals surface area contributed by atoms with E-state index in [1.165, 1.54) is 19.1 Å². The van der Waals surface area contributed by atoms with Crippen molar-refractivity contribution in [1.82, 2.24) is 10.6 Å². The molecule has 0 bridgehead atoms. The predicted octanol–water partition coefficient (Wildman–Crippen LogP) is 2.60. The van der Waals surface area contributed by atoms with Gasteiger partial charge in [0.25, 0.3) is 0 Å². The fraction of sp³-hybridized carbons (Fsp3) is 0.529. The maximum atomic E-state index is 13.0. The molecule has 1 aromatic carbocycles. The van der Waals surface area contributed by atoms with Gasteiger partial charge in [0.05, 0.1) is 5.92 Å². The average molecular weight is 308 g/mol. The van der Waals surface area contributed by atoms with E-state index >= 15 is 0 Å². The van der Waals surface area contributed by atoms with Crippen LogP contribution in [0.4, 0.5) is 4.39 Å². The van der Waals surface area contributed by atoms with Gasteiger partial charge in [-0.05, 0) is 36.5 Å². The number of carbonyl (C=O) groups is 2. The molecule has 0 fully saturated rings. The third-order valence-electron chi connectivity index (χ3n) is 3.45. The van der Waals surface area contributed by atoms with Crippen LogP contribution in [0.25, 0.3) is 0 Å². The van der Waals surface area contributed by atoms with Gasteiger partial charge in [0.2, 0.25) is 11.8 Å². The zero-order valence-corrected chi connectivity index (χ0v) is 13.5. The first-order chi connectivity index (χ1) is 10.4. The number of benzene rings is 1. The van der Waals surface area contributed by atoms with Crippen molar-refractivity contribution in [2.24, 2.45) is 5.92 Å². The molecule has 2 N–H and O–H groups in total. The number of halogens is 1. The molecule has 5 heteroatoms. The third-order valence-corrected chi connectivity index (χ3v) is 3.45. The second-order valence-electron chi connectivity index (χ2n) is 5.75. The van der Waals surface area contributed by atoms with Gasteiger partial charge in [0, 0.05) is 20.0 Å². The van der Waals surface area contributed by atoms with Crippen LogP contribution in [-0.4, -0.2) is 24.9 Å². The second-order valence-corrected chi connectivity index (χ2v) is 5.75. The molecule has 0 aliphatic carbocycles. The summed E-state index contributed by atoms with van der Waals surface area (Å²) in [7, 11) is 0. The predicted molar refractivity (Wildman–Crippen MR) is 84.9 cm³/mol. The Hall–Kier alpha value is -1.91. The Kier molecular flexibility index (Phi) is 7.57. The van der Waals surface area contributed by atoms with Gasteiger partial charge in [-0.2, -0.15) is 0 Å². The lowest BCUT2D eigenvalue weighted by Gasteiger charge is -2.20. The molecule has 2 amide bonds. The van der Waals surface area contributed by atoms with Crippen molar-refractivity contribution >= 4 is 11.8 Å². The highest BCUT2D eigenvalue weighted by Crippen LogP contribution is 2.24. The molecule has 0 saturated carbocycles. The average Bonchev–Trinajstić information content (AvgIpc) is 2.44. The molecule has 4 nitrogen and oxygen atoms in total. The van der Waals surface area contributed by atoms with Crippen LogP contribution in [0.1, 0.15) is 45.1 Å². The first-order valence-electron chi connectivity index (χ1n) is 7.69. The summed E-state index contributed by atoms with van der Waals surface area (Å²) in [6.45, 7) is 6.63. The molecule has 1 aromatic rings. The highest BCUT2D eigenvalue weighted by molar-refractivity contribution is 5.83. The molecule has 1 unspecified atom stereocenters. The summed E-state index contributed by atoms with van der Waals surface area (Å²) >= 11 is 0. The Morgan fingerprint density at radius 2 is 1.59 bits per heavy atom. The van der Waals surface area contributed by atoms with Crippen molar-refractivity contribution in [3.8, 4) is 0 Å². The second kappa shape index (κ2) is 9.18. The number of hydrogen-bond donors (Lipinski definition) is 2. The van der Waals surface area contributed by atoms with Crippen molar-refractivity contribution in [1.29, 1.82) is 0 Å². The van der Waals surface area contributed by atoms with Crippen LogP contribution in [-0.2, 0) is 9.59 Å². The molecular weight excluding hydrogens is 283 g/mol. The van der Waals surface area contributed by atoms with Crippen LogP contribution in [0, 0.1) is 11.7 Å². The lowest BCUT2D eigenvalue weighted by Crippen LogP contribution is -2.33. The summed E-state index contributed by atoms with van der Waals surface area (Å²) in [6, 6.07) is 6.09. The maximum absolute atomic E-state index is 13.0. The van der Waals surface area contributed by atoms with Crippen LogP contribution in [0.2, 0.25) is 0 Å². The van der Waals surface area contributed by atoms with E-state index in [0.29, 0.717) is 13.1 Å². The first-order valence-corrected chi connectivity index (χ1v) is 7.69. The summed E-state index contributed by atoms with van der Waals surface area (Å²) < 4.78 is 13.0. The van der Waals surface area contributed by atoms with E-state index in [1.54, 1.807) is 12.1 Å². The van der Waals surface area contributed by atoms with E-state index in [-0.39, 0.29) is 29.5 Å². The normalized spacial score (nSPS) is 12.0. The Morgan fingerprint density at radius 3 is 2.09 bits per heavy atom. The molecular formula is C17H25FN2O2. The van der Waals surface area contributed by atoms with Crippen molar-refractivity contribution in [2.75, 3.05) is 13.1 Å². The lowest BCUT2D eigenvalue weighted by atomic mass is 9.87. The molecule has 0 aliphatic heterocycles. The van der Waals surface area contributed by atoms with Gasteiger partial charge in [-0.15, -0.1) is 0 Å². The number of carbonyl (C=O) groups excluding carboxylic acids is 2. The van der Waals surface area contributed by atoms with Gasteiger partial charge >= 0.3 is 0 Å². The SMILES string of the molecule is CC(=O)NCCCCNC(=O)C(c1ccc(F)cc1)C(C)C. The zero-order valence-electron chi connectivity index (χ0n) is 13.5. The number of hydrogen-bond acceptors (Lipinski definition) is 2. The number of nitrogens with one attached hydrogen (secondary N) is 2. The number of amides is 2. The smallest absolute Gasteiger partial charge is 0.227 e. The van der Waals surface area contributed by atoms with E-state index < -0.39 is 0 Å². The van der Waals surface area contributed by atoms with Gasteiger partial charge in [0.1, 0.15) is 5.82 Å². The Bertz CT molecular complexity index is 486. The number of rotatable bonds is 8. The summed E-state index contributed by atoms with van der Waals surface area (Å²) in [5.74, 6) is -0.535. The quantitative estimate of drug-likeness (QED) is 0.725. The van der Waals surface area contributed by atoms with Gasteiger partial charge in [-0.1, -0.05) is 26.0 Å². The molecule has 1 rings (SSSR count). The summed E-state index contributed by atoms with van der Waals surface area (Å²) in [4.78, 5) is 23.1. The van der Waals surface area contributed by atoms with Crippen LogP contribution in [0.5, 0.6) is 0 Å².